The zero-order chi connectivity index (χ0) is 9.10. The van der Waals surface area contributed by atoms with E-state index in [1.165, 1.54) is 0 Å². The largest absolute Gasteiger partial charge is 0.490 e. The Kier molecular flexibility index (Phi) is 2.50. The Hall–Kier alpha value is -1.02. The molecule has 0 spiro atoms. The van der Waals surface area contributed by atoms with Gasteiger partial charge in [-0.15, -0.1) is 0 Å². The first-order valence-corrected chi connectivity index (χ1v) is 4.80. The number of hydrogen-bond acceptors (Lipinski definition) is 2. The molecule has 1 aliphatic rings. The number of hydrogen-bond donors (Lipinski definition) is 1. The fourth-order valence-corrected chi connectivity index (χ4v) is 1.65. The summed E-state index contributed by atoms with van der Waals surface area (Å²) in [5.74, 6) is 1.66. The molecule has 0 heterocycles. The van der Waals surface area contributed by atoms with Crippen LogP contribution in [0.4, 0.5) is 0 Å². The Morgan fingerprint density at radius 1 is 1.23 bits per heavy atom. The van der Waals surface area contributed by atoms with Gasteiger partial charge in [0.1, 0.15) is 5.75 Å². The maximum atomic E-state index is 5.73. The van der Waals surface area contributed by atoms with Crippen LogP contribution in [-0.4, -0.2) is 12.6 Å². The highest BCUT2D eigenvalue weighted by molar-refractivity contribution is 5.21. The van der Waals surface area contributed by atoms with E-state index in [4.69, 9.17) is 10.5 Å². The third-order valence-electron chi connectivity index (χ3n) is 2.57. The van der Waals surface area contributed by atoms with E-state index in [1.54, 1.807) is 0 Å². The molecule has 0 radical (unpaired) electrons. The van der Waals surface area contributed by atoms with Gasteiger partial charge in [0.05, 0.1) is 6.10 Å². The molecule has 0 saturated heterocycles. The van der Waals surface area contributed by atoms with Crippen molar-refractivity contribution in [2.24, 2.45) is 11.7 Å². The van der Waals surface area contributed by atoms with Crippen LogP contribution in [0.1, 0.15) is 12.8 Å². The van der Waals surface area contributed by atoms with Crippen LogP contribution in [0.5, 0.6) is 5.75 Å². The van der Waals surface area contributed by atoms with Gasteiger partial charge >= 0.3 is 0 Å². The molecule has 13 heavy (non-hydrogen) atoms. The zero-order valence-corrected chi connectivity index (χ0v) is 7.65. The fourth-order valence-electron chi connectivity index (χ4n) is 1.65. The van der Waals surface area contributed by atoms with Gasteiger partial charge in [-0.3, -0.25) is 0 Å². The molecule has 0 amide bonds. The molecular formula is C11H15NO. The van der Waals surface area contributed by atoms with E-state index >= 15 is 0 Å². The number of rotatable bonds is 3. The van der Waals surface area contributed by atoms with Gasteiger partial charge in [0.25, 0.3) is 0 Å². The van der Waals surface area contributed by atoms with Crippen LogP contribution in [0.25, 0.3) is 0 Å². The predicted molar refractivity (Wildman–Crippen MR) is 52.6 cm³/mol. The van der Waals surface area contributed by atoms with Crippen LogP contribution >= 0.6 is 0 Å². The SMILES string of the molecule is NCC1CC(Oc2ccccc2)C1. The molecule has 1 aliphatic carbocycles. The molecule has 1 aromatic carbocycles. The van der Waals surface area contributed by atoms with Gasteiger partial charge in [-0.2, -0.15) is 0 Å². The van der Waals surface area contributed by atoms with Gasteiger partial charge in [-0.25, -0.2) is 0 Å². The Morgan fingerprint density at radius 3 is 2.54 bits per heavy atom. The van der Waals surface area contributed by atoms with E-state index in [0.717, 1.165) is 25.1 Å². The maximum absolute atomic E-state index is 5.73. The van der Waals surface area contributed by atoms with E-state index in [-0.39, 0.29) is 0 Å². The molecule has 0 atom stereocenters. The zero-order valence-electron chi connectivity index (χ0n) is 7.65. The minimum atomic E-state index is 0.399. The summed E-state index contributed by atoms with van der Waals surface area (Å²) in [6.45, 7) is 0.800. The van der Waals surface area contributed by atoms with Crippen molar-refractivity contribution in [2.75, 3.05) is 6.54 Å². The molecule has 0 aromatic heterocycles. The van der Waals surface area contributed by atoms with Crippen LogP contribution in [0.3, 0.4) is 0 Å². The quantitative estimate of drug-likeness (QED) is 0.764. The number of para-hydroxylation sites is 1. The van der Waals surface area contributed by atoms with E-state index < -0.39 is 0 Å². The van der Waals surface area contributed by atoms with E-state index in [0.29, 0.717) is 12.0 Å². The Bertz CT molecular complexity index is 254. The molecule has 2 rings (SSSR count). The maximum Gasteiger partial charge on any atom is 0.119 e. The van der Waals surface area contributed by atoms with Crippen molar-refractivity contribution in [1.29, 1.82) is 0 Å². The lowest BCUT2D eigenvalue weighted by Gasteiger charge is -2.34. The van der Waals surface area contributed by atoms with Crippen LogP contribution < -0.4 is 10.5 Å². The molecule has 1 saturated carbocycles. The average Bonchev–Trinajstić information content (AvgIpc) is 2.12. The normalized spacial score (nSPS) is 26.5. The standard InChI is InChI=1S/C11H15NO/c12-8-9-6-11(7-9)13-10-4-2-1-3-5-10/h1-5,9,11H,6-8,12H2. The van der Waals surface area contributed by atoms with Crippen molar-refractivity contribution in [3.05, 3.63) is 30.3 Å². The van der Waals surface area contributed by atoms with Gasteiger partial charge in [0, 0.05) is 0 Å². The highest BCUT2D eigenvalue weighted by Crippen LogP contribution is 2.30. The molecule has 0 aliphatic heterocycles. The topological polar surface area (TPSA) is 35.2 Å². The van der Waals surface area contributed by atoms with E-state index in [1.807, 2.05) is 30.3 Å². The number of ether oxygens (including phenoxy) is 1. The second-order valence-electron chi connectivity index (χ2n) is 3.63. The summed E-state index contributed by atoms with van der Waals surface area (Å²) in [6.07, 6.45) is 2.63. The molecule has 2 heteroatoms. The van der Waals surface area contributed by atoms with Gasteiger partial charge in [-0.05, 0) is 37.4 Å². The van der Waals surface area contributed by atoms with Gasteiger partial charge < -0.3 is 10.5 Å². The van der Waals surface area contributed by atoms with E-state index in [2.05, 4.69) is 0 Å². The first-order chi connectivity index (χ1) is 6.38. The van der Waals surface area contributed by atoms with Crippen molar-refractivity contribution >= 4 is 0 Å². The summed E-state index contributed by atoms with van der Waals surface area (Å²) in [6, 6.07) is 9.98. The Balaban J connectivity index is 1.81. The number of nitrogens with two attached hydrogens (primary N) is 1. The Labute approximate surface area is 78.7 Å². The molecule has 2 N–H and O–H groups in total. The first-order valence-electron chi connectivity index (χ1n) is 4.80. The summed E-state index contributed by atoms with van der Waals surface area (Å²) in [5.41, 5.74) is 5.53. The Morgan fingerprint density at radius 2 is 1.92 bits per heavy atom. The van der Waals surface area contributed by atoms with Gasteiger partial charge in [0.15, 0.2) is 0 Å². The smallest absolute Gasteiger partial charge is 0.119 e. The van der Waals surface area contributed by atoms with Crippen LogP contribution in [0.2, 0.25) is 0 Å². The molecule has 70 valence electrons. The lowest BCUT2D eigenvalue weighted by Crippen LogP contribution is -2.37. The van der Waals surface area contributed by atoms with Crippen LogP contribution in [-0.2, 0) is 0 Å². The third kappa shape index (κ3) is 2.01. The molecule has 1 aromatic rings. The predicted octanol–water partition coefficient (Wildman–Crippen LogP) is 1.80. The van der Waals surface area contributed by atoms with Crippen molar-refractivity contribution in [3.8, 4) is 5.75 Å². The molecular weight excluding hydrogens is 162 g/mol. The second-order valence-corrected chi connectivity index (χ2v) is 3.63. The van der Waals surface area contributed by atoms with Crippen LogP contribution in [0, 0.1) is 5.92 Å². The summed E-state index contributed by atoms with van der Waals surface area (Å²) in [5, 5.41) is 0. The molecule has 0 unspecified atom stereocenters. The minimum Gasteiger partial charge on any atom is -0.490 e. The number of benzene rings is 1. The van der Waals surface area contributed by atoms with Crippen molar-refractivity contribution in [2.45, 2.75) is 18.9 Å². The molecule has 1 fully saturated rings. The van der Waals surface area contributed by atoms with Crippen LogP contribution in [0.15, 0.2) is 30.3 Å². The summed E-state index contributed by atoms with van der Waals surface area (Å²) in [4.78, 5) is 0. The monoisotopic (exact) mass is 177 g/mol. The van der Waals surface area contributed by atoms with Gasteiger partial charge in [0.2, 0.25) is 0 Å². The highest BCUT2D eigenvalue weighted by atomic mass is 16.5. The first kappa shape index (κ1) is 8.57. The van der Waals surface area contributed by atoms with Crippen molar-refractivity contribution in [3.63, 3.8) is 0 Å². The third-order valence-corrected chi connectivity index (χ3v) is 2.57. The average molecular weight is 177 g/mol. The lowest BCUT2D eigenvalue weighted by atomic mass is 9.82. The van der Waals surface area contributed by atoms with Crippen molar-refractivity contribution in [1.82, 2.24) is 0 Å². The minimum absolute atomic E-state index is 0.399. The molecule has 2 nitrogen and oxygen atoms in total. The summed E-state index contributed by atoms with van der Waals surface area (Å²) in [7, 11) is 0. The highest BCUT2D eigenvalue weighted by Gasteiger charge is 2.29. The van der Waals surface area contributed by atoms with E-state index in [9.17, 15) is 0 Å². The summed E-state index contributed by atoms with van der Waals surface area (Å²) < 4.78 is 5.73. The lowest BCUT2D eigenvalue weighted by molar-refractivity contribution is 0.0690. The second kappa shape index (κ2) is 3.79. The van der Waals surface area contributed by atoms with Gasteiger partial charge in [-0.1, -0.05) is 18.2 Å². The summed E-state index contributed by atoms with van der Waals surface area (Å²) >= 11 is 0. The fraction of sp³-hybridized carbons (Fsp3) is 0.455. The van der Waals surface area contributed by atoms with Crippen molar-refractivity contribution < 1.29 is 4.74 Å². The molecule has 0 bridgehead atoms.